The van der Waals surface area contributed by atoms with Gasteiger partial charge in [0, 0.05) is 13.2 Å². The van der Waals surface area contributed by atoms with Crippen molar-refractivity contribution in [3.8, 4) is 0 Å². The van der Waals surface area contributed by atoms with Gasteiger partial charge in [-0.3, -0.25) is 0 Å². The lowest BCUT2D eigenvalue weighted by Crippen LogP contribution is -2.27. The quantitative estimate of drug-likeness (QED) is 0.546. The maximum Gasteiger partial charge on any atom is 0.0543 e. The number of rotatable bonds is 10. The third-order valence-corrected chi connectivity index (χ3v) is 2.45. The standard InChI is InChI=1S/C12H28N2O/c1-11(2)14-10-6-9-13-8-5-7-12(3)15-4/h11-14H,5-10H2,1-4H3. The Kier molecular flexibility index (Phi) is 10.3. The van der Waals surface area contributed by atoms with E-state index in [1.54, 1.807) is 7.11 Å². The van der Waals surface area contributed by atoms with E-state index in [0.717, 1.165) is 26.1 Å². The molecule has 3 heteroatoms. The highest BCUT2D eigenvalue weighted by Gasteiger charge is 1.97. The van der Waals surface area contributed by atoms with Gasteiger partial charge in [0.1, 0.15) is 0 Å². The molecule has 15 heavy (non-hydrogen) atoms. The molecule has 1 atom stereocenters. The van der Waals surface area contributed by atoms with Crippen LogP contribution in [0.25, 0.3) is 0 Å². The Bertz CT molecular complexity index is 129. The molecule has 0 aliphatic rings. The van der Waals surface area contributed by atoms with Crippen molar-refractivity contribution in [3.05, 3.63) is 0 Å². The van der Waals surface area contributed by atoms with Crippen LogP contribution in [-0.4, -0.2) is 38.9 Å². The fourth-order valence-electron chi connectivity index (χ4n) is 1.36. The van der Waals surface area contributed by atoms with E-state index in [0.29, 0.717) is 12.1 Å². The lowest BCUT2D eigenvalue weighted by atomic mass is 10.2. The van der Waals surface area contributed by atoms with Gasteiger partial charge in [0.05, 0.1) is 6.10 Å². The van der Waals surface area contributed by atoms with Crippen LogP contribution >= 0.6 is 0 Å². The fraction of sp³-hybridized carbons (Fsp3) is 1.00. The molecule has 0 aliphatic carbocycles. The Hall–Kier alpha value is -0.120. The van der Waals surface area contributed by atoms with Crippen LogP contribution in [0.15, 0.2) is 0 Å². The SMILES string of the molecule is COC(C)CCCNCCCNC(C)C. The molecule has 0 aromatic heterocycles. The van der Waals surface area contributed by atoms with Crippen LogP contribution < -0.4 is 10.6 Å². The summed E-state index contributed by atoms with van der Waals surface area (Å²) in [5.74, 6) is 0. The van der Waals surface area contributed by atoms with Crippen LogP contribution in [0, 0.1) is 0 Å². The van der Waals surface area contributed by atoms with Crippen molar-refractivity contribution in [2.24, 2.45) is 0 Å². The second kappa shape index (κ2) is 10.4. The van der Waals surface area contributed by atoms with Gasteiger partial charge in [0.25, 0.3) is 0 Å². The number of hydrogen-bond acceptors (Lipinski definition) is 3. The van der Waals surface area contributed by atoms with Gasteiger partial charge in [-0.1, -0.05) is 13.8 Å². The van der Waals surface area contributed by atoms with E-state index >= 15 is 0 Å². The van der Waals surface area contributed by atoms with E-state index in [1.165, 1.54) is 12.8 Å². The summed E-state index contributed by atoms with van der Waals surface area (Å²) in [5, 5.41) is 6.85. The maximum absolute atomic E-state index is 5.18. The van der Waals surface area contributed by atoms with Gasteiger partial charge in [-0.25, -0.2) is 0 Å². The van der Waals surface area contributed by atoms with Crippen LogP contribution in [0.4, 0.5) is 0 Å². The van der Waals surface area contributed by atoms with Crippen molar-refractivity contribution in [1.82, 2.24) is 10.6 Å². The first kappa shape index (κ1) is 14.9. The second-order valence-corrected chi connectivity index (χ2v) is 4.40. The third kappa shape index (κ3) is 11.8. The summed E-state index contributed by atoms with van der Waals surface area (Å²) in [5.41, 5.74) is 0. The van der Waals surface area contributed by atoms with Crippen LogP contribution in [0.5, 0.6) is 0 Å². The normalized spacial score (nSPS) is 13.4. The first-order valence-electron chi connectivity index (χ1n) is 6.13. The Labute approximate surface area is 95.0 Å². The molecule has 0 radical (unpaired) electrons. The number of hydrogen-bond donors (Lipinski definition) is 2. The molecule has 2 N–H and O–H groups in total. The summed E-state index contributed by atoms with van der Waals surface area (Å²) in [6, 6.07) is 0.604. The van der Waals surface area contributed by atoms with Crippen LogP contribution in [0.1, 0.15) is 40.0 Å². The average Bonchev–Trinajstić information content (AvgIpc) is 2.21. The monoisotopic (exact) mass is 216 g/mol. The molecular formula is C12H28N2O. The molecule has 0 heterocycles. The minimum absolute atomic E-state index is 0.398. The number of nitrogens with one attached hydrogen (secondary N) is 2. The summed E-state index contributed by atoms with van der Waals surface area (Å²) in [7, 11) is 1.77. The minimum atomic E-state index is 0.398. The minimum Gasteiger partial charge on any atom is -0.382 e. The molecule has 0 rings (SSSR count). The van der Waals surface area contributed by atoms with Gasteiger partial charge in [-0.2, -0.15) is 0 Å². The van der Waals surface area contributed by atoms with E-state index in [4.69, 9.17) is 4.74 Å². The predicted octanol–water partition coefficient (Wildman–Crippen LogP) is 1.78. The van der Waals surface area contributed by atoms with Crippen LogP contribution in [0.2, 0.25) is 0 Å². The Balaban J connectivity index is 2.99. The van der Waals surface area contributed by atoms with Gasteiger partial charge in [0.2, 0.25) is 0 Å². The predicted molar refractivity (Wildman–Crippen MR) is 66.3 cm³/mol. The van der Waals surface area contributed by atoms with Crippen molar-refractivity contribution in [1.29, 1.82) is 0 Å². The summed E-state index contributed by atoms with van der Waals surface area (Å²) in [4.78, 5) is 0. The van der Waals surface area contributed by atoms with Crippen molar-refractivity contribution >= 4 is 0 Å². The summed E-state index contributed by atoms with van der Waals surface area (Å²) in [6.07, 6.45) is 3.95. The van der Waals surface area contributed by atoms with E-state index in [2.05, 4.69) is 31.4 Å². The van der Waals surface area contributed by atoms with Crippen molar-refractivity contribution in [3.63, 3.8) is 0 Å². The largest absolute Gasteiger partial charge is 0.382 e. The summed E-state index contributed by atoms with van der Waals surface area (Å²) in [6.45, 7) is 9.81. The van der Waals surface area contributed by atoms with E-state index in [9.17, 15) is 0 Å². The molecular weight excluding hydrogens is 188 g/mol. The van der Waals surface area contributed by atoms with Gasteiger partial charge in [-0.05, 0) is 45.8 Å². The zero-order valence-corrected chi connectivity index (χ0v) is 10.8. The van der Waals surface area contributed by atoms with E-state index < -0.39 is 0 Å². The Morgan fingerprint density at radius 3 is 2.27 bits per heavy atom. The van der Waals surface area contributed by atoms with Crippen molar-refractivity contribution < 1.29 is 4.74 Å². The number of ether oxygens (including phenoxy) is 1. The topological polar surface area (TPSA) is 33.3 Å². The highest BCUT2D eigenvalue weighted by Crippen LogP contribution is 1.98. The molecule has 0 bridgehead atoms. The first-order valence-corrected chi connectivity index (χ1v) is 6.13. The zero-order chi connectivity index (χ0) is 11.5. The van der Waals surface area contributed by atoms with Crippen LogP contribution in [0.3, 0.4) is 0 Å². The van der Waals surface area contributed by atoms with Crippen molar-refractivity contribution in [2.45, 2.75) is 52.2 Å². The zero-order valence-electron chi connectivity index (χ0n) is 10.8. The molecule has 0 aromatic carbocycles. The first-order chi connectivity index (χ1) is 7.16. The lowest BCUT2D eigenvalue weighted by Gasteiger charge is -2.10. The highest BCUT2D eigenvalue weighted by atomic mass is 16.5. The lowest BCUT2D eigenvalue weighted by molar-refractivity contribution is 0.109. The summed E-state index contributed by atoms with van der Waals surface area (Å²) >= 11 is 0. The molecule has 1 unspecified atom stereocenters. The molecule has 0 spiro atoms. The van der Waals surface area contributed by atoms with E-state index in [1.807, 2.05) is 0 Å². The average molecular weight is 216 g/mol. The summed E-state index contributed by atoms with van der Waals surface area (Å²) < 4.78 is 5.18. The fourth-order valence-corrected chi connectivity index (χ4v) is 1.36. The molecule has 0 aromatic rings. The Morgan fingerprint density at radius 1 is 1.00 bits per heavy atom. The number of methoxy groups -OCH3 is 1. The Morgan fingerprint density at radius 2 is 1.67 bits per heavy atom. The molecule has 0 amide bonds. The maximum atomic E-state index is 5.18. The van der Waals surface area contributed by atoms with Gasteiger partial charge in [0.15, 0.2) is 0 Å². The van der Waals surface area contributed by atoms with Gasteiger partial charge < -0.3 is 15.4 Å². The third-order valence-electron chi connectivity index (χ3n) is 2.45. The molecule has 3 nitrogen and oxygen atoms in total. The molecule has 0 fully saturated rings. The molecule has 0 saturated carbocycles. The highest BCUT2D eigenvalue weighted by molar-refractivity contribution is 4.56. The molecule has 0 aliphatic heterocycles. The molecule has 0 saturated heterocycles. The van der Waals surface area contributed by atoms with Crippen molar-refractivity contribution in [2.75, 3.05) is 26.7 Å². The van der Waals surface area contributed by atoms with Crippen LogP contribution in [-0.2, 0) is 4.74 Å². The van der Waals surface area contributed by atoms with E-state index in [-0.39, 0.29) is 0 Å². The molecule has 92 valence electrons. The van der Waals surface area contributed by atoms with Gasteiger partial charge >= 0.3 is 0 Å². The second-order valence-electron chi connectivity index (χ2n) is 4.40. The smallest absolute Gasteiger partial charge is 0.0543 e. The van der Waals surface area contributed by atoms with Gasteiger partial charge in [-0.15, -0.1) is 0 Å².